The van der Waals surface area contributed by atoms with Gasteiger partial charge in [0.25, 0.3) is 0 Å². The second-order valence-corrected chi connectivity index (χ2v) is 5.89. The Morgan fingerprint density at radius 1 is 1.26 bits per heavy atom. The van der Waals surface area contributed by atoms with Gasteiger partial charge in [0.15, 0.2) is 0 Å². The summed E-state index contributed by atoms with van der Waals surface area (Å²) in [6.07, 6.45) is 4.66. The minimum atomic E-state index is -0.841. The van der Waals surface area contributed by atoms with E-state index < -0.39 is 11.9 Å². The van der Waals surface area contributed by atoms with Gasteiger partial charge in [0.1, 0.15) is 0 Å². The van der Waals surface area contributed by atoms with E-state index in [0.717, 1.165) is 19.4 Å². The molecule has 0 bridgehead atoms. The van der Waals surface area contributed by atoms with Crippen molar-refractivity contribution >= 4 is 12.0 Å². The summed E-state index contributed by atoms with van der Waals surface area (Å²) in [5.74, 6) is -0.669. The van der Waals surface area contributed by atoms with Crippen molar-refractivity contribution in [3.8, 4) is 0 Å². The van der Waals surface area contributed by atoms with Crippen LogP contribution < -0.4 is 0 Å². The molecule has 5 heteroatoms. The number of rotatable bonds is 7. The monoisotopic (exact) mass is 268 g/mol. The van der Waals surface area contributed by atoms with Gasteiger partial charge in [-0.15, -0.1) is 0 Å². The van der Waals surface area contributed by atoms with Crippen LogP contribution >= 0.6 is 0 Å². The molecule has 1 N–H and O–H groups in total. The van der Waals surface area contributed by atoms with Crippen LogP contribution in [0.2, 0.25) is 0 Å². The summed E-state index contributed by atoms with van der Waals surface area (Å²) < 4.78 is 0. The largest absolute Gasteiger partial charge is 0.481 e. The second kappa shape index (κ2) is 5.80. The number of hydrogen-bond donors (Lipinski definition) is 1. The smallest absolute Gasteiger partial charge is 0.320 e. The molecule has 2 aliphatic rings. The van der Waals surface area contributed by atoms with E-state index in [-0.39, 0.29) is 6.03 Å². The van der Waals surface area contributed by atoms with Crippen molar-refractivity contribution in [3.63, 3.8) is 0 Å². The number of amides is 2. The van der Waals surface area contributed by atoms with Crippen LogP contribution in [0.15, 0.2) is 0 Å². The lowest BCUT2D eigenvalue weighted by Gasteiger charge is -2.31. The van der Waals surface area contributed by atoms with Crippen molar-refractivity contribution in [2.45, 2.75) is 45.6 Å². The van der Waals surface area contributed by atoms with Crippen LogP contribution in [0.4, 0.5) is 4.79 Å². The quantitative estimate of drug-likeness (QED) is 0.768. The molecule has 2 rings (SSSR count). The van der Waals surface area contributed by atoms with E-state index in [4.69, 9.17) is 5.11 Å². The zero-order valence-corrected chi connectivity index (χ0v) is 11.8. The highest BCUT2D eigenvalue weighted by atomic mass is 16.4. The van der Waals surface area contributed by atoms with Gasteiger partial charge in [0, 0.05) is 25.7 Å². The van der Waals surface area contributed by atoms with E-state index in [1.807, 2.05) is 11.8 Å². The summed E-state index contributed by atoms with van der Waals surface area (Å²) in [5, 5.41) is 8.97. The van der Waals surface area contributed by atoms with Crippen LogP contribution in [-0.4, -0.2) is 52.6 Å². The van der Waals surface area contributed by atoms with E-state index in [2.05, 4.69) is 0 Å². The number of carbonyl (C=O) groups excluding carboxylic acids is 1. The molecule has 19 heavy (non-hydrogen) atoms. The number of aliphatic carboxylic acids is 1. The molecule has 108 valence electrons. The number of carbonyl (C=O) groups is 2. The normalized spacial score (nSPS) is 19.9. The van der Waals surface area contributed by atoms with Gasteiger partial charge in [0.2, 0.25) is 0 Å². The molecule has 2 amide bonds. The van der Waals surface area contributed by atoms with Crippen molar-refractivity contribution in [2.75, 3.05) is 19.6 Å². The average molecular weight is 268 g/mol. The molecule has 0 heterocycles. The predicted molar refractivity (Wildman–Crippen MR) is 71.9 cm³/mol. The Balaban J connectivity index is 1.94. The molecular formula is C14H24N2O3. The first-order valence-electron chi connectivity index (χ1n) is 7.31. The minimum absolute atomic E-state index is 0.0324. The van der Waals surface area contributed by atoms with Crippen molar-refractivity contribution in [2.24, 2.45) is 11.8 Å². The fourth-order valence-corrected chi connectivity index (χ4v) is 2.28. The Labute approximate surface area is 114 Å². The highest BCUT2D eigenvalue weighted by molar-refractivity contribution is 5.76. The fraction of sp³-hybridized carbons (Fsp3) is 0.857. The molecular weight excluding hydrogens is 244 g/mol. The molecule has 0 saturated heterocycles. The van der Waals surface area contributed by atoms with E-state index >= 15 is 0 Å². The van der Waals surface area contributed by atoms with Gasteiger partial charge in [0.05, 0.1) is 5.92 Å². The third-order valence-corrected chi connectivity index (χ3v) is 3.95. The predicted octanol–water partition coefficient (Wildman–Crippen LogP) is 2.02. The standard InChI is InChI=1S/C14H24N2O3/c1-3-15(8-10(2)13(17)18)14(19)16(12-6-7-12)9-11-4-5-11/h10-12H,3-9H2,1-2H3,(H,17,18). The average Bonchev–Trinajstić information content (AvgIpc) is 3.25. The van der Waals surface area contributed by atoms with Crippen LogP contribution in [0.5, 0.6) is 0 Å². The Morgan fingerprint density at radius 2 is 1.89 bits per heavy atom. The summed E-state index contributed by atoms with van der Waals surface area (Å²) in [5.41, 5.74) is 0. The van der Waals surface area contributed by atoms with Gasteiger partial charge in [-0.25, -0.2) is 4.79 Å². The Bertz CT molecular complexity index is 351. The lowest BCUT2D eigenvalue weighted by atomic mass is 10.2. The first-order chi connectivity index (χ1) is 9.02. The molecule has 5 nitrogen and oxygen atoms in total. The summed E-state index contributed by atoms with van der Waals surface area (Å²) in [4.78, 5) is 27.1. The molecule has 0 aromatic rings. The van der Waals surface area contributed by atoms with Gasteiger partial charge < -0.3 is 14.9 Å². The zero-order chi connectivity index (χ0) is 14.0. The lowest BCUT2D eigenvalue weighted by molar-refractivity contribution is -0.141. The van der Waals surface area contributed by atoms with Crippen LogP contribution in [0, 0.1) is 11.8 Å². The van der Waals surface area contributed by atoms with Gasteiger partial charge in [-0.2, -0.15) is 0 Å². The maximum Gasteiger partial charge on any atom is 0.320 e. The number of carboxylic acid groups (broad SMARTS) is 1. The SMILES string of the molecule is CCN(CC(C)C(=O)O)C(=O)N(CC1CC1)C1CC1. The minimum Gasteiger partial charge on any atom is -0.481 e. The van der Waals surface area contributed by atoms with Crippen molar-refractivity contribution in [1.82, 2.24) is 9.80 Å². The maximum atomic E-state index is 12.5. The van der Waals surface area contributed by atoms with Crippen LogP contribution in [0.25, 0.3) is 0 Å². The van der Waals surface area contributed by atoms with E-state index in [1.54, 1.807) is 11.8 Å². The Kier molecular flexibility index (Phi) is 4.32. The molecule has 1 atom stereocenters. The number of hydrogen-bond acceptors (Lipinski definition) is 2. The molecule has 1 unspecified atom stereocenters. The Hall–Kier alpha value is -1.26. The highest BCUT2D eigenvalue weighted by Crippen LogP contribution is 2.35. The molecule has 0 radical (unpaired) electrons. The number of urea groups is 1. The van der Waals surface area contributed by atoms with Crippen LogP contribution in [0.1, 0.15) is 39.5 Å². The van der Waals surface area contributed by atoms with Crippen molar-refractivity contribution in [1.29, 1.82) is 0 Å². The fourth-order valence-electron chi connectivity index (χ4n) is 2.28. The maximum absolute atomic E-state index is 12.5. The summed E-state index contributed by atoms with van der Waals surface area (Å²) in [6.45, 7) is 5.31. The molecule has 0 aromatic heterocycles. The molecule has 0 aromatic carbocycles. The molecule has 2 fully saturated rings. The van der Waals surface area contributed by atoms with Gasteiger partial charge in [-0.1, -0.05) is 6.92 Å². The van der Waals surface area contributed by atoms with Crippen molar-refractivity contribution in [3.05, 3.63) is 0 Å². The summed E-state index contributed by atoms with van der Waals surface area (Å²) in [6, 6.07) is 0.437. The van der Waals surface area contributed by atoms with Gasteiger partial charge in [-0.05, 0) is 38.5 Å². The molecule has 2 saturated carbocycles. The molecule has 0 spiro atoms. The van der Waals surface area contributed by atoms with Crippen molar-refractivity contribution < 1.29 is 14.7 Å². The van der Waals surface area contributed by atoms with Gasteiger partial charge in [-0.3, -0.25) is 4.79 Å². The van der Waals surface area contributed by atoms with E-state index in [9.17, 15) is 9.59 Å². The van der Waals surface area contributed by atoms with Crippen LogP contribution in [0.3, 0.4) is 0 Å². The van der Waals surface area contributed by atoms with Crippen LogP contribution in [-0.2, 0) is 4.79 Å². The van der Waals surface area contributed by atoms with E-state index in [1.165, 1.54) is 12.8 Å². The summed E-state index contributed by atoms with van der Waals surface area (Å²) in [7, 11) is 0. The molecule has 2 aliphatic carbocycles. The third-order valence-electron chi connectivity index (χ3n) is 3.95. The van der Waals surface area contributed by atoms with E-state index in [0.29, 0.717) is 25.0 Å². The zero-order valence-electron chi connectivity index (χ0n) is 11.8. The van der Waals surface area contributed by atoms with Gasteiger partial charge >= 0.3 is 12.0 Å². The highest BCUT2D eigenvalue weighted by Gasteiger charge is 2.38. The second-order valence-electron chi connectivity index (χ2n) is 5.89. The summed E-state index contributed by atoms with van der Waals surface area (Å²) >= 11 is 0. The molecule has 0 aliphatic heterocycles. The first kappa shape index (κ1) is 14.2. The third kappa shape index (κ3) is 3.85. The lowest BCUT2D eigenvalue weighted by Crippen LogP contribution is -2.47. The first-order valence-corrected chi connectivity index (χ1v) is 7.31. The topological polar surface area (TPSA) is 60.9 Å². The number of nitrogens with zero attached hydrogens (tertiary/aromatic N) is 2. The number of carboxylic acids is 1. The Morgan fingerprint density at radius 3 is 2.32 bits per heavy atom.